The Morgan fingerprint density at radius 3 is 2.96 bits per heavy atom. The number of halogens is 1. The number of H-pyrrole nitrogens is 1. The average Bonchev–Trinajstić information content (AvgIpc) is 3.08. The van der Waals surface area contributed by atoms with Gasteiger partial charge in [0.1, 0.15) is 0 Å². The van der Waals surface area contributed by atoms with E-state index in [4.69, 9.17) is 0 Å². The van der Waals surface area contributed by atoms with E-state index in [2.05, 4.69) is 26.2 Å². The van der Waals surface area contributed by atoms with Crippen LogP contribution in [0.25, 0.3) is 10.9 Å². The van der Waals surface area contributed by atoms with E-state index in [9.17, 15) is 9.90 Å². The molecule has 0 radical (unpaired) electrons. The SMILES string of the molecule is O=C(N[C@H]1c2ccccc2C[C@H]1O)c1c[nH]c2ccc(Br)cc12. The zero-order chi connectivity index (χ0) is 16.0. The van der Waals surface area contributed by atoms with E-state index in [0.717, 1.165) is 26.5 Å². The topological polar surface area (TPSA) is 65.1 Å². The summed E-state index contributed by atoms with van der Waals surface area (Å²) in [6.07, 6.45) is 1.69. The van der Waals surface area contributed by atoms with Crippen molar-refractivity contribution in [2.45, 2.75) is 18.6 Å². The van der Waals surface area contributed by atoms with Crippen molar-refractivity contribution < 1.29 is 9.90 Å². The van der Waals surface area contributed by atoms with Gasteiger partial charge >= 0.3 is 0 Å². The summed E-state index contributed by atoms with van der Waals surface area (Å²) >= 11 is 3.43. The number of aromatic amines is 1. The van der Waals surface area contributed by atoms with Crippen molar-refractivity contribution in [1.29, 1.82) is 0 Å². The van der Waals surface area contributed by atoms with Crippen molar-refractivity contribution in [1.82, 2.24) is 10.3 Å². The van der Waals surface area contributed by atoms with Crippen molar-refractivity contribution in [3.63, 3.8) is 0 Å². The van der Waals surface area contributed by atoms with Gasteiger partial charge in [-0.3, -0.25) is 4.79 Å². The summed E-state index contributed by atoms with van der Waals surface area (Å²) in [5.74, 6) is -0.185. The molecule has 116 valence electrons. The van der Waals surface area contributed by atoms with Gasteiger partial charge in [0.15, 0.2) is 0 Å². The number of benzene rings is 2. The number of nitrogens with one attached hydrogen (secondary N) is 2. The van der Waals surface area contributed by atoms with Crippen LogP contribution in [0.2, 0.25) is 0 Å². The van der Waals surface area contributed by atoms with Crippen molar-refractivity contribution in [3.8, 4) is 0 Å². The molecule has 4 nitrogen and oxygen atoms in total. The molecule has 1 aromatic heterocycles. The van der Waals surface area contributed by atoms with Gasteiger partial charge in [-0.1, -0.05) is 40.2 Å². The fourth-order valence-corrected chi connectivity index (χ4v) is 3.61. The highest BCUT2D eigenvalue weighted by Gasteiger charge is 2.32. The second kappa shape index (κ2) is 5.51. The van der Waals surface area contributed by atoms with Gasteiger partial charge in [-0.2, -0.15) is 0 Å². The van der Waals surface area contributed by atoms with Crippen LogP contribution in [0.5, 0.6) is 0 Å². The van der Waals surface area contributed by atoms with Crippen LogP contribution in [-0.2, 0) is 6.42 Å². The predicted octanol–water partition coefficient (Wildman–Crippen LogP) is 3.32. The number of aromatic nitrogens is 1. The standard InChI is InChI=1S/C18H15BrN2O2/c19-11-5-6-15-13(8-11)14(9-20-15)18(23)21-17-12-4-2-1-3-10(12)7-16(17)22/h1-6,8-9,16-17,20,22H,7H2,(H,21,23)/t16-,17+/m1/s1. The first-order valence-corrected chi connectivity index (χ1v) is 8.26. The molecule has 0 aliphatic heterocycles. The van der Waals surface area contributed by atoms with Crippen LogP contribution in [0.4, 0.5) is 0 Å². The number of hydrogen-bond donors (Lipinski definition) is 3. The van der Waals surface area contributed by atoms with Crippen LogP contribution >= 0.6 is 15.9 Å². The van der Waals surface area contributed by atoms with E-state index in [0.29, 0.717) is 12.0 Å². The van der Waals surface area contributed by atoms with Crippen LogP contribution < -0.4 is 5.32 Å². The Balaban J connectivity index is 1.66. The lowest BCUT2D eigenvalue weighted by molar-refractivity contribution is 0.0860. The summed E-state index contributed by atoms with van der Waals surface area (Å²) in [6, 6.07) is 13.2. The fraction of sp³-hybridized carbons (Fsp3) is 0.167. The quantitative estimate of drug-likeness (QED) is 0.647. The molecular formula is C18H15BrN2O2. The summed E-state index contributed by atoms with van der Waals surface area (Å²) in [7, 11) is 0. The number of rotatable bonds is 2. The van der Waals surface area contributed by atoms with Crippen molar-refractivity contribution in [2.24, 2.45) is 0 Å². The van der Waals surface area contributed by atoms with E-state index in [1.807, 2.05) is 42.5 Å². The van der Waals surface area contributed by atoms with Crippen molar-refractivity contribution in [3.05, 3.63) is 69.8 Å². The Labute approximate surface area is 141 Å². The average molecular weight is 371 g/mol. The van der Waals surface area contributed by atoms with Gasteiger partial charge in [0, 0.05) is 28.0 Å². The summed E-state index contributed by atoms with van der Waals surface area (Å²) in [4.78, 5) is 15.8. The second-order valence-electron chi connectivity index (χ2n) is 5.81. The van der Waals surface area contributed by atoms with Crippen LogP contribution in [0.15, 0.2) is 53.1 Å². The number of hydrogen-bond acceptors (Lipinski definition) is 2. The minimum atomic E-state index is -0.590. The number of fused-ring (bicyclic) bond motifs is 2. The summed E-state index contributed by atoms with van der Waals surface area (Å²) in [6.45, 7) is 0. The number of aliphatic hydroxyl groups is 1. The predicted molar refractivity (Wildman–Crippen MR) is 92.4 cm³/mol. The first-order chi connectivity index (χ1) is 11.1. The van der Waals surface area contributed by atoms with Gasteiger partial charge in [-0.05, 0) is 29.3 Å². The third-order valence-corrected chi connectivity index (χ3v) is 4.87. The van der Waals surface area contributed by atoms with Crippen molar-refractivity contribution >= 4 is 32.7 Å². The molecule has 0 saturated carbocycles. The Kier molecular flexibility index (Phi) is 3.47. The number of carbonyl (C=O) groups excluding carboxylic acids is 1. The van der Waals surface area contributed by atoms with Gasteiger partial charge in [-0.25, -0.2) is 0 Å². The van der Waals surface area contributed by atoms with Gasteiger partial charge in [-0.15, -0.1) is 0 Å². The molecule has 3 N–H and O–H groups in total. The van der Waals surface area contributed by atoms with E-state index < -0.39 is 6.10 Å². The lowest BCUT2D eigenvalue weighted by atomic mass is 10.1. The minimum Gasteiger partial charge on any atom is -0.390 e. The van der Waals surface area contributed by atoms with Gasteiger partial charge < -0.3 is 15.4 Å². The molecule has 0 spiro atoms. The molecule has 1 aliphatic carbocycles. The molecule has 5 heteroatoms. The molecular weight excluding hydrogens is 356 g/mol. The molecule has 0 saturated heterocycles. The Bertz CT molecular complexity index is 903. The highest BCUT2D eigenvalue weighted by atomic mass is 79.9. The monoisotopic (exact) mass is 370 g/mol. The molecule has 1 aliphatic rings. The first-order valence-electron chi connectivity index (χ1n) is 7.47. The molecule has 4 rings (SSSR count). The molecule has 23 heavy (non-hydrogen) atoms. The lowest BCUT2D eigenvalue weighted by Crippen LogP contribution is -2.33. The van der Waals surface area contributed by atoms with Crippen LogP contribution in [0.3, 0.4) is 0 Å². The van der Waals surface area contributed by atoms with Gasteiger partial charge in [0.25, 0.3) is 5.91 Å². The summed E-state index contributed by atoms with van der Waals surface area (Å²) in [5.41, 5.74) is 3.57. The third-order valence-electron chi connectivity index (χ3n) is 4.38. The molecule has 1 amide bonds. The van der Waals surface area contributed by atoms with E-state index in [1.54, 1.807) is 6.20 Å². The van der Waals surface area contributed by atoms with Gasteiger partial charge in [0.2, 0.25) is 0 Å². The summed E-state index contributed by atoms with van der Waals surface area (Å²) in [5, 5.41) is 14.1. The second-order valence-corrected chi connectivity index (χ2v) is 6.73. The molecule has 2 atom stereocenters. The Morgan fingerprint density at radius 1 is 1.26 bits per heavy atom. The number of aliphatic hydroxyl groups excluding tert-OH is 1. The zero-order valence-corrected chi connectivity index (χ0v) is 13.8. The molecule has 0 unspecified atom stereocenters. The molecule has 3 aromatic rings. The number of amides is 1. The summed E-state index contributed by atoms with van der Waals surface area (Å²) < 4.78 is 0.921. The first kappa shape index (κ1) is 14.5. The number of carbonyl (C=O) groups is 1. The molecule has 1 heterocycles. The van der Waals surface area contributed by atoms with E-state index in [-0.39, 0.29) is 11.9 Å². The molecule has 0 bridgehead atoms. The maximum Gasteiger partial charge on any atom is 0.254 e. The highest BCUT2D eigenvalue weighted by molar-refractivity contribution is 9.10. The third kappa shape index (κ3) is 2.46. The van der Waals surface area contributed by atoms with Crippen LogP contribution in [0, 0.1) is 0 Å². The van der Waals surface area contributed by atoms with Crippen molar-refractivity contribution in [2.75, 3.05) is 0 Å². The smallest absolute Gasteiger partial charge is 0.254 e. The van der Waals surface area contributed by atoms with Gasteiger partial charge in [0.05, 0.1) is 17.7 Å². The lowest BCUT2D eigenvalue weighted by Gasteiger charge is -2.17. The Hall–Kier alpha value is -2.11. The fourth-order valence-electron chi connectivity index (χ4n) is 3.25. The molecule has 0 fully saturated rings. The van der Waals surface area contributed by atoms with E-state index >= 15 is 0 Å². The highest BCUT2D eigenvalue weighted by Crippen LogP contribution is 2.32. The molecule has 2 aromatic carbocycles. The zero-order valence-electron chi connectivity index (χ0n) is 12.2. The van der Waals surface area contributed by atoms with Crippen LogP contribution in [0.1, 0.15) is 27.5 Å². The van der Waals surface area contributed by atoms with E-state index in [1.165, 1.54) is 0 Å². The maximum absolute atomic E-state index is 12.7. The van der Waals surface area contributed by atoms with Crippen LogP contribution in [-0.4, -0.2) is 22.1 Å². The normalized spacial score (nSPS) is 19.7. The maximum atomic E-state index is 12.7. The minimum absolute atomic E-state index is 0.185. The Morgan fingerprint density at radius 2 is 2.09 bits per heavy atom. The largest absolute Gasteiger partial charge is 0.390 e.